The van der Waals surface area contributed by atoms with Crippen LogP contribution in [-0.2, 0) is 19.5 Å². The van der Waals surface area contributed by atoms with Crippen molar-refractivity contribution < 1.29 is 0 Å². The molecule has 0 aliphatic rings. The molecule has 9 heteroatoms. The SMILES string of the molecule is CCCCc1c(Cl)n(CCC)c(=O)n1Cc1ccc(-c2ncccc2-c2nn[nH]n2)cc1. The first-order valence-electron chi connectivity index (χ1n) is 10.9. The number of hydrogen-bond acceptors (Lipinski definition) is 5. The highest BCUT2D eigenvalue weighted by Crippen LogP contribution is 2.28. The number of aromatic amines is 1. The number of unbranched alkanes of at least 4 members (excludes halogenated alkanes) is 1. The van der Waals surface area contributed by atoms with Gasteiger partial charge in [-0.05, 0) is 42.2 Å². The van der Waals surface area contributed by atoms with Gasteiger partial charge in [-0.2, -0.15) is 5.21 Å². The highest BCUT2D eigenvalue weighted by atomic mass is 35.5. The number of hydrogen-bond donors (Lipinski definition) is 1. The Balaban J connectivity index is 1.65. The molecule has 0 bridgehead atoms. The predicted octanol–water partition coefficient (Wildman–Crippen LogP) is 4.35. The highest BCUT2D eigenvalue weighted by molar-refractivity contribution is 6.30. The molecule has 0 spiro atoms. The van der Waals surface area contributed by atoms with Crippen LogP contribution >= 0.6 is 11.6 Å². The monoisotopic (exact) mass is 451 g/mol. The second-order valence-corrected chi connectivity index (χ2v) is 8.05. The van der Waals surface area contributed by atoms with Crippen molar-refractivity contribution in [1.82, 2.24) is 34.7 Å². The molecular formula is C23H26ClN7O. The Morgan fingerprint density at radius 3 is 2.56 bits per heavy atom. The van der Waals surface area contributed by atoms with E-state index >= 15 is 0 Å². The maximum Gasteiger partial charge on any atom is 0.329 e. The molecular weight excluding hydrogens is 426 g/mol. The average Bonchev–Trinajstić information content (AvgIpc) is 3.43. The third-order valence-electron chi connectivity index (χ3n) is 5.44. The van der Waals surface area contributed by atoms with Crippen LogP contribution < -0.4 is 5.69 Å². The van der Waals surface area contributed by atoms with E-state index in [-0.39, 0.29) is 5.69 Å². The van der Waals surface area contributed by atoms with Gasteiger partial charge >= 0.3 is 5.69 Å². The molecule has 0 aliphatic heterocycles. The number of nitrogens with one attached hydrogen (secondary N) is 1. The van der Waals surface area contributed by atoms with Gasteiger partial charge in [0, 0.05) is 23.9 Å². The summed E-state index contributed by atoms with van der Waals surface area (Å²) in [7, 11) is 0. The molecule has 0 radical (unpaired) electrons. The number of halogens is 1. The van der Waals surface area contributed by atoms with Gasteiger partial charge in [0.1, 0.15) is 5.15 Å². The van der Waals surface area contributed by atoms with Crippen molar-refractivity contribution in [2.24, 2.45) is 0 Å². The molecule has 1 N–H and O–H groups in total. The molecule has 3 heterocycles. The molecule has 0 amide bonds. The second kappa shape index (κ2) is 9.91. The molecule has 3 aromatic heterocycles. The number of aromatic nitrogens is 7. The molecule has 4 aromatic rings. The summed E-state index contributed by atoms with van der Waals surface area (Å²) in [6, 6.07) is 11.8. The number of pyridine rings is 1. The largest absolute Gasteiger partial charge is 0.329 e. The van der Waals surface area contributed by atoms with Crippen LogP contribution in [0.5, 0.6) is 0 Å². The molecule has 0 unspecified atom stereocenters. The van der Waals surface area contributed by atoms with Crippen LogP contribution in [0.2, 0.25) is 5.15 Å². The predicted molar refractivity (Wildman–Crippen MR) is 125 cm³/mol. The summed E-state index contributed by atoms with van der Waals surface area (Å²) in [4.78, 5) is 17.6. The van der Waals surface area contributed by atoms with Gasteiger partial charge in [-0.25, -0.2) is 4.79 Å². The van der Waals surface area contributed by atoms with Crippen molar-refractivity contribution in [3.63, 3.8) is 0 Å². The van der Waals surface area contributed by atoms with E-state index < -0.39 is 0 Å². The molecule has 1 aromatic carbocycles. The fourth-order valence-electron chi connectivity index (χ4n) is 3.82. The lowest BCUT2D eigenvalue weighted by molar-refractivity contribution is 0.618. The zero-order valence-corrected chi connectivity index (χ0v) is 19.0. The van der Waals surface area contributed by atoms with Crippen molar-refractivity contribution in [2.45, 2.75) is 52.6 Å². The van der Waals surface area contributed by atoms with Crippen LogP contribution in [-0.4, -0.2) is 34.7 Å². The van der Waals surface area contributed by atoms with Crippen LogP contribution in [0.1, 0.15) is 44.4 Å². The summed E-state index contributed by atoms with van der Waals surface area (Å²) in [6.45, 7) is 5.29. The highest BCUT2D eigenvalue weighted by Gasteiger charge is 2.18. The fraction of sp³-hybridized carbons (Fsp3) is 0.348. The first kappa shape index (κ1) is 22.0. The van der Waals surface area contributed by atoms with Gasteiger partial charge in [0.2, 0.25) is 5.82 Å². The van der Waals surface area contributed by atoms with Gasteiger partial charge in [-0.15, -0.1) is 10.2 Å². The number of H-pyrrole nitrogens is 1. The molecule has 0 fully saturated rings. The van der Waals surface area contributed by atoms with Gasteiger partial charge in [0.15, 0.2) is 0 Å². The molecule has 4 rings (SSSR count). The lowest BCUT2D eigenvalue weighted by Crippen LogP contribution is -2.25. The van der Waals surface area contributed by atoms with E-state index in [1.165, 1.54) is 0 Å². The van der Waals surface area contributed by atoms with E-state index in [2.05, 4.69) is 32.5 Å². The van der Waals surface area contributed by atoms with E-state index in [0.29, 0.717) is 24.1 Å². The van der Waals surface area contributed by atoms with Crippen LogP contribution in [0.15, 0.2) is 47.4 Å². The molecule has 0 saturated carbocycles. The van der Waals surface area contributed by atoms with Crippen LogP contribution in [0.3, 0.4) is 0 Å². The van der Waals surface area contributed by atoms with Crippen molar-refractivity contribution in [3.05, 3.63) is 69.5 Å². The Morgan fingerprint density at radius 2 is 1.88 bits per heavy atom. The standard InChI is InChI=1S/C23H26ClN7O/c1-3-5-8-19-21(24)30(14-4-2)23(32)31(19)15-16-9-11-17(12-10-16)20-18(7-6-13-25-20)22-26-28-29-27-22/h6-7,9-13H,3-5,8,14-15H2,1-2H3,(H,26,27,28,29). The lowest BCUT2D eigenvalue weighted by atomic mass is 10.0. The van der Waals surface area contributed by atoms with E-state index in [1.807, 2.05) is 47.9 Å². The number of imidazole rings is 1. The van der Waals surface area contributed by atoms with Gasteiger partial charge in [0.05, 0.1) is 17.9 Å². The molecule has 166 valence electrons. The quantitative estimate of drug-likeness (QED) is 0.408. The van der Waals surface area contributed by atoms with Gasteiger partial charge in [-0.1, -0.05) is 56.1 Å². The van der Waals surface area contributed by atoms with Crippen LogP contribution in [0, 0.1) is 0 Å². The zero-order chi connectivity index (χ0) is 22.5. The number of nitrogens with zero attached hydrogens (tertiary/aromatic N) is 6. The fourth-order valence-corrected chi connectivity index (χ4v) is 4.17. The first-order valence-corrected chi connectivity index (χ1v) is 11.3. The topological polar surface area (TPSA) is 94.3 Å². The number of tetrazole rings is 1. The molecule has 0 atom stereocenters. The average molecular weight is 452 g/mol. The van der Waals surface area contributed by atoms with Crippen molar-refractivity contribution in [2.75, 3.05) is 0 Å². The van der Waals surface area contributed by atoms with Crippen molar-refractivity contribution in [3.8, 4) is 22.6 Å². The molecule has 0 saturated heterocycles. The smallest absolute Gasteiger partial charge is 0.290 e. The Labute approximate surface area is 191 Å². The minimum atomic E-state index is -0.0452. The molecule has 32 heavy (non-hydrogen) atoms. The minimum absolute atomic E-state index is 0.0452. The third-order valence-corrected chi connectivity index (χ3v) is 5.86. The van der Waals surface area contributed by atoms with Crippen LogP contribution in [0.25, 0.3) is 22.6 Å². The first-order chi connectivity index (χ1) is 15.6. The Morgan fingerprint density at radius 1 is 1.06 bits per heavy atom. The maximum absolute atomic E-state index is 13.0. The molecule has 8 nitrogen and oxygen atoms in total. The minimum Gasteiger partial charge on any atom is -0.290 e. The second-order valence-electron chi connectivity index (χ2n) is 7.69. The normalized spacial score (nSPS) is 11.2. The van der Waals surface area contributed by atoms with E-state index in [0.717, 1.165) is 53.8 Å². The summed E-state index contributed by atoms with van der Waals surface area (Å²) in [5.74, 6) is 0.496. The summed E-state index contributed by atoms with van der Waals surface area (Å²) in [5.41, 5.74) is 4.41. The maximum atomic E-state index is 13.0. The lowest BCUT2D eigenvalue weighted by Gasteiger charge is -2.09. The van der Waals surface area contributed by atoms with E-state index in [4.69, 9.17) is 11.6 Å². The van der Waals surface area contributed by atoms with E-state index in [1.54, 1.807) is 10.8 Å². The summed E-state index contributed by atoms with van der Waals surface area (Å²) in [5, 5.41) is 14.8. The van der Waals surface area contributed by atoms with Crippen LogP contribution in [0.4, 0.5) is 0 Å². The summed E-state index contributed by atoms with van der Waals surface area (Å²) in [6.07, 6.45) is 5.43. The third kappa shape index (κ3) is 4.36. The Bertz CT molecular complexity index is 1230. The molecule has 0 aliphatic carbocycles. The van der Waals surface area contributed by atoms with Gasteiger partial charge < -0.3 is 0 Å². The zero-order valence-electron chi connectivity index (χ0n) is 18.3. The Kier molecular flexibility index (Phi) is 6.80. The van der Waals surface area contributed by atoms with E-state index in [9.17, 15) is 4.79 Å². The van der Waals surface area contributed by atoms with Gasteiger partial charge in [0.25, 0.3) is 0 Å². The number of rotatable bonds is 9. The van der Waals surface area contributed by atoms with Crippen molar-refractivity contribution >= 4 is 11.6 Å². The number of benzene rings is 1. The Hall–Kier alpha value is -3.26. The summed E-state index contributed by atoms with van der Waals surface area (Å²) >= 11 is 6.60. The van der Waals surface area contributed by atoms with Gasteiger partial charge in [-0.3, -0.25) is 14.1 Å². The van der Waals surface area contributed by atoms with Crippen molar-refractivity contribution in [1.29, 1.82) is 0 Å². The summed E-state index contributed by atoms with van der Waals surface area (Å²) < 4.78 is 3.50.